The van der Waals surface area contributed by atoms with E-state index >= 15 is 0 Å². The van der Waals surface area contributed by atoms with Gasteiger partial charge in [-0.3, -0.25) is 0 Å². The summed E-state index contributed by atoms with van der Waals surface area (Å²) in [5.41, 5.74) is 3.36. The second kappa shape index (κ2) is 8.32. The van der Waals surface area contributed by atoms with Crippen LogP contribution in [0.1, 0.15) is 36.6 Å². The predicted molar refractivity (Wildman–Crippen MR) is 103 cm³/mol. The van der Waals surface area contributed by atoms with Gasteiger partial charge in [-0.05, 0) is 30.5 Å². The normalized spacial score (nSPS) is 11.0. The summed E-state index contributed by atoms with van der Waals surface area (Å²) in [7, 11) is 0. The van der Waals surface area contributed by atoms with Gasteiger partial charge in [0.15, 0.2) is 5.16 Å². The Hall–Kier alpha value is -2.40. The van der Waals surface area contributed by atoms with Crippen molar-refractivity contribution >= 4 is 11.8 Å². The van der Waals surface area contributed by atoms with E-state index in [4.69, 9.17) is 4.74 Å². The van der Waals surface area contributed by atoms with Crippen molar-refractivity contribution < 1.29 is 9.13 Å². The Bertz CT molecular complexity index is 899. The van der Waals surface area contributed by atoms with Crippen molar-refractivity contribution in [3.63, 3.8) is 0 Å². The molecule has 0 N–H and O–H groups in total. The Morgan fingerprint density at radius 2 is 1.85 bits per heavy atom. The highest BCUT2D eigenvalue weighted by molar-refractivity contribution is 7.98. The van der Waals surface area contributed by atoms with Gasteiger partial charge in [0.05, 0.1) is 5.69 Å². The van der Waals surface area contributed by atoms with E-state index in [2.05, 4.69) is 55.0 Å². The third-order valence-corrected chi connectivity index (χ3v) is 4.68. The molecule has 0 aliphatic heterocycles. The average Bonchev–Trinajstić information content (AvgIpc) is 2.60. The third kappa shape index (κ3) is 5.05. The van der Waals surface area contributed by atoms with Gasteiger partial charge in [-0.1, -0.05) is 61.5 Å². The summed E-state index contributed by atoms with van der Waals surface area (Å²) in [6, 6.07) is 16.2. The molecule has 0 unspecified atom stereocenters. The Morgan fingerprint density at radius 3 is 2.58 bits per heavy atom. The van der Waals surface area contributed by atoms with Crippen molar-refractivity contribution in [1.29, 1.82) is 0 Å². The van der Waals surface area contributed by atoms with Gasteiger partial charge >= 0.3 is 0 Å². The number of thioether (sulfide) groups is 1. The Labute approximate surface area is 157 Å². The first kappa shape index (κ1) is 18.4. The van der Waals surface area contributed by atoms with Crippen LogP contribution >= 0.6 is 11.8 Å². The number of halogens is 1. The summed E-state index contributed by atoms with van der Waals surface area (Å²) in [6.07, 6.45) is 0. The highest BCUT2D eigenvalue weighted by Crippen LogP contribution is 2.28. The van der Waals surface area contributed by atoms with E-state index in [1.807, 2.05) is 6.07 Å². The zero-order valence-electron chi connectivity index (χ0n) is 15.1. The van der Waals surface area contributed by atoms with E-state index in [0.717, 1.165) is 11.4 Å². The molecule has 0 aliphatic carbocycles. The minimum absolute atomic E-state index is 0.242. The fraction of sp³-hybridized carbons (Fsp3) is 0.238. The van der Waals surface area contributed by atoms with E-state index in [0.29, 0.717) is 16.8 Å². The second-order valence-corrected chi connectivity index (χ2v) is 7.35. The van der Waals surface area contributed by atoms with Crippen LogP contribution < -0.4 is 4.74 Å². The van der Waals surface area contributed by atoms with Crippen LogP contribution in [0.2, 0.25) is 0 Å². The lowest BCUT2D eigenvalue weighted by atomic mass is 10.1. The first-order valence-corrected chi connectivity index (χ1v) is 9.49. The predicted octanol–water partition coefficient (Wildman–Crippen LogP) is 6.13. The molecule has 1 aromatic heterocycles. The molecule has 134 valence electrons. The fourth-order valence-electron chi connectivity index (χ4n) is 2.43. The van der Waals surface area contributed by atoms with Crippen molar-refractivity contribution in [3.05, 3.63) is 77.2 Å². The molecule has 5 heteroatoms. The number of rotatable bonds is 6. The molecule has 2 aromatic carbocycles. The highest BCUT2D eigenvalue weighted by Gasteiger charge is 2.11. The van der Waals surface area contributed by atoms with Crippen LogP contribution in [0.5, 0.6) is 11.6 Å². The van der Waals surface area contributed by atoms with Crippen LogP contribution in [-0.4, -0.2) is 9.97 Å². The molecule has 3 nitrogen and oxygen atoms in total. The summed E-state index contributed by atoms with van der Waals surface area (Å²) < 4.78 is 19.1. The summed E-state index contributed by atoms with van der Waals surface area (Å²) >= 11 is 1.57. The number of aryl methyl sites for hydroxylation is 1. The molecule has 1 heterocycles. The van der Waals surface area contributed by atoms with Crippen molar-refractivity contribution in [2.24, 2.45) is 0 Å². The summed E-state index contributed by atoms with van der Waals surface area (Å²) in [6.45, 7) is 6.22. The van der Waals surface area contributed by atoms with Gasteiger partial charge in [0.1, 0.15) is 11.6 Å². The molecule has 0 radical (unpaired) electrons. The Kier molecular flexibility index (Phi) is 5.89. The molecule has 26 heavy (non-hydrogen) atoms. The van der Waals surface area contributed by atoms with Crippen molar-refractivity contribution in [2.75, 3.05) is 0 Å². The minimum atomic E-state index is -0.338. The zero-order chi connectivity index (χ0) is 18.5. The molecule has 0 aliphatic rings. The first-order chi connectivity index (χ1) is 12.5. The van der Waals surface area contributed by atoms with Crippen LogP contribution in [0.25, 0.3) is 0 Å². The highest BCUT2D eigenvalue weighted by atomic mass is 32.2. The van der Waals surface area contributed by atoms with Gasteiger partial charge in [0.25, 0.3) is 0 Å². The lowest BCUT2D eigenvalue weighted by Gasteiger charge is -2.11. The number of nitrogens with zero attached hydrogens (tertiary/aromatic N) is 2. The second-order valence-electron chi connectivity index (χ2n) is 6.41. The van der Waals surface area contributed by atoms with Crippen molar-refractivity contribution in [1.82, 2.24) is 9.97 Å². The molecule has 0 saturated carbocycles. The number of hydrogen-bond donors (Lipinski definition) is 0. The monoisotopic (exact) mass is 368 g/mol. The van der Waals surface area contributed by atoms with Gasteiger partial charge in [-0.15, -0.1) is 0 Å². The number of aromatic nitrogens is 2. The van der Waals surface area contributed by atoms with Gasteiger partial charge in [0.2, 0.25) is 5.88 Å². The lowest BCUT2D eigenvalue weighted by molar-refractivity contribution is 0.448. The maximum atomic E-state index is 13.4. The fourth-order valence-corrected chi connectivity index (χ4v) is 3.23. The van der Waals surface area contributed by atoms with Gasteiger partial charge < -0.3 is 4.74 Å². The maximum Gasteiger partial charge on any atom is 0.223 e. The summed E-state index contributed by atoms with van der Waals surface area (Å²) in [5, 5.41) is 0.657. The molecule has 3 rings (SSSR count). The molecule has 0 atom stereocenters. The average molecular weight is 368 g/mol. The van der Waals surface area contributed by atoms with E-state index < -0.39 is 0 Å². The SMILES string of the molecule is Cc1cccc(CSc2nc(Oc3cccc(F)c3)cc(C(C)C)n2)c1. The molecule has 0 saturated heterocycles. The quantitative estimate of drug-likeness (QED) is 0.387. The Balaban J connectivity index is 1.81. The topological polar surface area (TPSA) is 35.0 Å². The third-order valence-electron chi connectivity index (χ3n) is 3.76. The maximum absolute atomic E-state index is 13.4. The zero-order valence-corrected chi connectivity index (χ0v) is 15.9. The van der Waals surface area contributed by atoms with Crippen LogP contribution in [0.3, 0.4) is 0 Å². The molecule has 0 spiro atoms. The standard InChI is InChI=1S/C21H21FN2OS/c1-14(2)19-12-20(25-18-9-5-8-17(22)11-18)24-21(23-19)26-13-16-7-4-6-15(3)10-16/h4-12,14H,13H2,1-3H3. The molecule has 0 fully saturated rings. The summed E-state index contributed by atoms with van der Waals surface area (Å²) in [5.74, 6) is 1.54. The number of ether oxygens (including phenoxy) is 1. The molecule has 0 bridgehead atoms. The van der Waals surface area contributed by atoms with E-state index in [1.54, 1.807) is 23.9 Å². The van der Waals surface area contributed by atoms with Gasteiger partial charge in [-0.2, -0.15) is 4.98 Å². The largest absolute Gasteiger partial charge is 0.439 e. The van der Waals surface area contributed by atoms with Crippen molar-refractivity contribution in [3.8, 4) is 11.6 Å². The van der Waals surface area contributed by atoms with Crippen molar-refractivity contribution in [2.45, 2.75) is 37.6 Å². The summed E-state index contributed by atoms with van der Waals surface area (Å²) in [4.78, 5) is 9.11. The van der Waals surface area contributed by atoms with Crippen LogP contribution in [0, 0.1) is 12.7 Å². The smallest absolute Gasteiger partial charge is 0.223 e. The number of hydrogen-bond acceptors (Lipinski definition) is 4. The number of benzene rings is 2. The van der Waals surface area contributed by atoms with E-state index in [9.17, 15) is 4.39 Å². The molecular formula is C21H21FN2OS. The van der Waals surface area contributed by atoms with E-state index in [-0.39, 0.29) is 11.7 Å². The Morgan fingerprint density at radius 1 is 1.04 bits per heavy atom. The first-order valence-electron chi connectivity index (χ1n) is 8.50. The van der Waals surface area contributed by atoms with Gasteiger partial charge in [0, 0.05) is 17.9 Å². The van der Waals surface area contributed by atoms with E-state index in [1.165, 1.54) is 23.3 Å². The van der Waals surface area contributed by atoms with Crippen LogP contribution in [0.15, 0.2) is 59.8 Å². The molecule has 3 aromatic rings. The van der Waals surface area contributed by atoms with Gasteiger partial charge in [-0.25, -0.2) is 9.37 Å². The molecule has 0 amide bonds. The van der Waals surface area contributed by atoms with Crippen LogP contribution in [0.4, 0.5) is 4.39 Å². The molecular weight excluding hydrogens is 347 g/mol. The minimum Gasteiger partial charge on any atom is -0.439 e. The lowest BCUT2D eigenvalue weighted by Crippen LogP contribution is -2.00. The van der Waals surface area contributed by atoms with Crippen LogP contribution in [-0.2, 0) is 5.75 Å².